The Kier molecular flexibility index (Phi) is 1.61. The SMILES string of the molecule is CC(=O)N1CC(=O)N(C)C1. The fraction of sp³-hybridized carbons (Fsp3) is 0.667. The summed E-state index contributed by atoms with van der Waals surface area (Å²) in [6.07, 6.45) is 0. The molecule has 0 unspecified atom stereocenters. The number of carbonyl (C=O) groups excluding carboxylic acids is 2. The van der Waals surface area contributed by atoms with Crippen LogP contribution in [0.15, 0.2) is 0 Å². The van der Waals surface area contributed by atoms with Crippen LogP contribution in [0.5, 0.6) is 0 Å². The summed E-state index contributed by atoms with van der Waals surface area (Å²) in [6, 6.07) is 0. The van der Waals surface area contributed by atoms with Gasteiger partial charge in [-0.1, -0.05) is 0 Å². The standard InChI is InChI=1S/C6H10N2O2/c1-5(9)8-3-6(10)7(2)4-8/h3-4H2,1-2H3. The van der Waals surface area contributed by atoms with Crippen LogP contribution in [0.4, 0.5) is 0 Å². The van der Waals surface area contributed by atoms with E-state index in [1.165, 1.54) is 16.7 Å². The summed E-state index contributed by atoms with van der Waals surface area (Å²) in [7, 11) is 1.69. The molecule has 0 radical (unpaired) electrons. The lowest BCUT2D eigenvalue weighted by atomic mass is 10.5. The lowest BCUT2D eigenvalue weighted by Gasteiger charge is -2.11. The van der Waals surface area contributed by atoms with Crippen molar-refractivity contribution in [2.45, 2.75) is 6.92 Å². The number of hydrogen-bond acceptors (Lipinski definition) is 2. The lowest BCUT2D eigenvalue weighted by Crippen LogP contribution is -2.27. The Balaban J connectivity index is 2.57. The Morgan fingerprint density at radius 3 is 2.40 bits per heavy atom. The van der Waals surface area contributed by atoms with E-state index in [4.69, 9.17) is 0 Å². The second-order valence-electron chi connectivity index (χ2n) is 2.45. The molecular weight excluding hydrogens is 132 g/mol. The number of amides is 2. The molecule has 56 valence electrons. The average Bonchev–Trinajstić information content (AvgIpc) is 2.13. The van der Waals surface area contributed by atoms with Crippen LogP contribution in [0.2, 0.25) is 0 Å². The first kappa shape index (κ1) is 7.05. The van der Waals surface area contributed by atoms with Gasteiger partial charge in [0.1, 0.15) is 6.54 Å². The third kappa shape index (κ3) is 1.10. The van der Waals surface area contributed by atoms with Gasteiger partial charge in [-0.2, -0.15) is 0 Å². The first-order chi connectivity index (χ1) is 4.61. The number of hydrogen-bond donors (Lipinski definition) is 0. The molecule has 1 fully saturated rings. The van der Waals surface area contributed by atoms with E-state index in [1.54, 1.807) is 7.05 Å². The molecule has 1 heterocycles. The highest BCUT2D eigenvalue weighted by atomic mass is 16.2. The third-order valence-electron chi connectivity index (χ3n) is 1.58. The van der Waals surface area contributed by atoms with E-state index >= 15 is 0 Å². The van der Waals surface area contributed by atoms with Crippen molar-refractivity contribution in [1.29, 1.82) is 0 Å². The normalized spacial score (nSPS) is 18.4. The minimum atomic E-state index is -0.0438. The molecule has 4 heteroatoms. The highest BCUT2D eigenvalue weighted by molar-refractivity contribution is 5.86. The van der Waals surface area contributed by atoms with E-state index < -0.39 is 0 Å². The van der Waals surface area contributed by atoms with Crippen molar-refractivity contribution in [3.8, 4) is 0 Å². The van der Waals surface area contributed by atoms with Crippen molar-refractivity contribution >= 4 is 11.8 Å². The smallest absolute Gasteiger partial charge is 0.243 e. The molecule has 0 aliphatic carbocycles. The van der Waals surface area contributed by atoms with Crippen molar-refractivity contribution < 1.29 is 9.59 Å². The molecule has 0 bridgehead atoms. The largest absolute Gasteiger partial charge is 0.326 e. The Bertz CT molecular complexity index is 179. The number of nitrogens with zero attached hydrogens (tertiary/aromatic N) is 2. The van der Waals surface area contributed by atoms with Gasteiger partial charge in [-0.25, -0.2) is 0 Å². The van der Waals surface area contributed by atoms with Crippen LogP contribution in [-0.4, -0.2) is 41.9 Å². The fourth-order valence-electron chi connectivity index (χ4n) is 0.880. The summed E-state index contributed by atoms with van der Waals surface area (Å²) in [5.41, 5.74) is 0. The molecule has 2 amide bonds. The van der Waals surface area contributed by atoms with E-state index in [0.717, 1.165) is 0 Å². The quantitative estimate of drug-likeness (QED) is 0.447. The van der Waals surface area contributed by atoms with Gasteiger partial charge in [-0.3, -0.25) is 9.59 Å². The summed E-state index contributed by atoms with van der Waals surface area (Å²) in [6.45, 7) is 2.15. The topological polar surface area (TPSA) is 40.6 Å². The fourth-order valence-corrected chi connectivity index (χ4v) is 0.880. The zero-order chi connectivity index (χ0) is 7.72. The van der Waals surface area contributed by atoms with E-state index in [2.05, 4.69) is 0 Å². The van der Waals surface area contributed by atoms with E-state index in [0.29, 0.717) is 6.67 Å². The first-order valence-electron chi connectivity index (χ1n) is 3.10. The number of carbonyl (C=O) groups is 2. The highest BCUT2D eigenvalue weighted by Crippen LogP contribution is 2.02. The van der Waals surface area contributed by atoms with Crippen LogP contribution < -0.4 is 0 Å². The number of likely N-dealkylation sites (N-methyl/N-ethyl adjacent to an activating group) is 1. The van der Waals surface area contributed by atoms with Crippen molar-refractivity contribution in [3.63, 3.8) is 0 Å². The predicted octanol–water partition coefficient (Wildman–Crippen LogP) is -0.736. The van der Waals surface area contributed by atoms with Gasteiger partial charge in [-0.15, -0.1) is 0 Å². The van der Waals surface area contributed by atoms with Gasteiger partial charge in [0.2, 0.25) is 11.8 Å². The molecule has 4 nitrogen and oxygen atoms in total. The second-order valence-corrected chi connectivity index (χ2v) is 2.45. The monoisotopic (exact) mass is 142 g/mol. The van der Waals surface area contributed by atoms with Crippen LogP contribution >= 0.6 is 0 Å². The predicted molar refractivity (Wildman–Crippen MR) is 35.0 cm³/mol. The average molecular weight is 142 g/mol. The summed E-state index contributed by atoms with van der Waals surface area (Å²) >= 11 is 0. The molecule has 0 aromatic rings. The van der Waals surface area contributed by atoms with E-state index in [9.17, 15) is 9.59 Å². The summed E-state index contributed by atoms with van der Waals surface area (Å²) in [5.74, 6) is -0.0344. The van der Waals surface area contributed by atoms with Gasteiger partial charge >= 0.3 is 0 Å². The lowest BCUT2D eigenvalue weighted by molar-refractivity contribution is -0.129. The molecule has 1 aliphatic rings. The molecule has 0 aromatic carbocycles. The maximum absolute atomic E-state index is 10.8. The summed E-state index contributed by atoms with van der Waals surface area (Å²) in [5, 5.41) is 0. The molecule has 0 spiro atoms. The zero-order valence-corrected chi connectivity index (χ0v) is 6.13. The Morgan fingerprint density at radius 2 is 2.20 bits per heavy atom. The third-order valence-corrected chi connectivity index (χ3v) is 1.58. The molecule has 0 N–H and O–H groups in total. The Labute approximate surface area is 59.4 Å². The molecule has 10 heavy (non-hydrogen) atoms. The summed E-state index contributed by atoms with van der Waals surface area (Å²) in [4.78, 5) is 24.5. The Hall–Kier alpha value is -1.06. The molecule has 0 saturated carbocycles. The molecule has 1 saturated heterocycles. The van der Waals surface area contributed by atoms with Crippen molar-refractivity contribution in [2.24, 2.45) is 0 Å². The van der Waals surface area contributed by atoms with Crippen LogP contribution in [0.3, 0.4) is 0 Å². The van der Waals surface area contributed by atoms with Crippen LogP contribution in [0, 0.1) is 0 Å². The zero-order valence-electron chi connectivity index (χ0n) is 6.13. The van der Waals surface area contributed by atoms with Gasteiger partial charge in [0.15, 0.2) is 0 Å². The second kappa shape index (κ2) is 2.28. The van der Waals surface area contributed by atoms with Crippen LogP contribution in [-0.2, 0) is 9.59 Å². The van der Waals surface area contributed by atoms with Crippen LogP contribution in [0.25, 0.3) is 0 Å². The van der Waals surface area contributed by atoms with E-state index in [1.807, 2.05) is 0 Å². The maximum atomic E-state index is 10.8. The van der Waals surface area contributed by atoms with Gasteiger partial charge in [0.05, 0.1) is 6.67 Å². The highest BCUT2D eigenvalue weighted by Gasteiger charge is 2.25. The van der Waals surface area contributed by atoms with Gasteiger partial charge in [0, 0.05) is 14.0 Å². The first-order valence-corrected chi connectivity index (χ1v) is 3.10. The van der Waals surface area contributed by atoms with E-state index in [-0.39, 0.29) is 18.4 Å². The minimum Gasteiger partial charge on any atom is -0.326 e. The Morgan fingerprint density at radius 1 is 1.60 bits per heavy atom. The van der Waals surface area contributed by atoms with Gasteiger partial charge in [0.25, 0.3) is 0 Å². The molecular formula is C6H10N2O2. The number of rotatable bonds is 0. The molecule has 0 aromatic heterocycles. The van der Waals surface area contributed by atoms with Gasteiger partial charge in [-0.05, 0) is 0 Å². The van der Waals surface area contributed by atoms with Crippen molar-refractivity contribution in [1.82, 2.24) is 9.80 Å². The molecule has 1 aliphatic heterocycles. The van der Waals surface area contributed by atoms with Crippen molar-refractivity contribution in [3.05, 3.63) is 0 Å². The maximum Gasteiger partial charge on any atom is 0.243 e. The molecule has 1 rings (SSSR count). The molecule has 0 atom stereocenters. The summed E-state index contributed by atoms with van der Waals surface area (Å²) < 4.78 is 0. The van der Waals surface area contributed by atoms with Crippen molar-refractivity contribution in [2.75, 3.05) is 20.3 Å². The van der Waals surface area contributed by atoms with Gasteiger partial charge < -0.3 is 9.80 Å². The minimum absolute atomic E-state index is 0.00944. The van der Waals surface area contributed by atoms with Crippen LogP contribution in [0.1, 0.15) is 6.92 Å².